The number of para-hydroxylation sites is 1. The third-order valence-electron chi connectivity index (χ3n) is 4.84. The predicted octanol–water partition coefficient (Wildman–Crippen LogP) is 4.65. The molecule has 0 aliphatic heterocycles. The van der Waals surface area contributed by atoms with Crippen molar-refractivity contribution in [2.75, 3.05) is 5.32 Å². The van der Waals surface area contributed by atoms with Crippen LogP contribution in [0.4, 0.5) is 5.69 Å². The van der Waals surface area contributed by atoms with Crippen LogP contribution >= 0.6 is 11.3 Å². The molecule has 1 N–H and O–H groups in total. The monoisotopic (exact) mass is 391 g/mol. The number of anilines is 1. The number of nitrogens with zero attached hydrogens (tertiary/aromatic N) is 2. The minimum atomic E-state index is -0.0858. The van der Waals surface area contributed by atoms with E-state index in [0.29, 0.717) is 19.4 Å². The van der Waals surface area contributed by atoms with Crippen molar-refractivity contribution in [2.45, 2.75) is 33.2 Å². The summed E-state index contributed by atoms with van der Waals surface area (Å²) >= 11 is 1.60. The van der Waals surface area contributed by atoms with Crippen LogP contribution in [0.25, 0.3) is 20.2 Å². The molecule has 0 unspecified atom stereocenters. The summed E-state index contributed by atoms with van der Waals surface area (Å²) in [6, 6.07) is 15.6. The molecule has 2 heterocycles. The SMILES string of the molecule is Cc1ccccc1NC(=O)CCCn1nc(C)c2sc3ccccc3c2c1=O. The lowest BCUT2D eigenvalue weighted by atomic mass is 10.2. The summed E-state index contributed by atoms with van der Waals surface area (Å²) in [5.74, 6) is -0.0545. The standard InChI is InChI=1S/C22H21N3O2S/c1-14-8-3-5-10-17(14)23-19(26)12-7-13-25-22(27)20-16-9-4-6-11-18(16)28-21(20)15(2)24-25/h3-6,8-11H,7,12-13H2,1-2H3,(H,23,26). The maximum Gasteiger partial charge on any atom is 0.276 e. The molecule has 0 aliphatic carbocycles. The van der Waals surface area contributed by atoms with Crippen molar-refractivity contribution in [3.05, 3.63) is 70.1 Å². The van der Waals surface area contributed by atoms with E-state index in [1.807, 2.05) is 62.4 Å². The van der Waals surface area contributed by atoms with Crippen LogP contribution in [-0.4, -0.2) is 15.7 Å². The van der Waals surface area contributed by atoms with Gasteiger partial charge in [-0.2, -0.15) is 5.10 Å². The number of benzene rings is 2. The lowest BCUT2D eigenvalue weighted by Crippen LogP contribution is -2.24. The fourth-order valence-electron chi connectivity index (χ4n) is 3.38. The average molecular weight is 391 g/mol. The zero-order valence-corrected chi connectivity index (χ0v) is 16.7. The number of carbonyl (C=O) groups is 1. The molecule has 2 aromatic carbocycles. The first kappa shape index (κ1) is 18.4. The molecule has 4 rings (SSSR count). The van der Waals surface area contributed by atoms with Crippen LogP contribution in [0.5, 0.6) is 0 Å². The molecule has 28 heavy (non-hydrogen) atoms. The van der Waals surface area contributed by atoms with Crippen LogP contribution in [-0.2, 0) is 11.3 Å². The van der Waals surface area contributed by atoms with Crippen LogP contribution in [0, 0.1) is 13.8 Å². The Morgan fingerprint density at radius 3 is 2.68 bits per heavy atom. The summed E-state index contributed by atoms with van der Waals surface area (Å²) in [6.45, 7) is 4.31. The molecule has 0 spiro atoms. The molecule has 142 valence electrons. The molecule has 0 saturated heterocycles. The number of aromatic nitrogens is 2. The van der Waals surface area contributed by atoms with Crippen LogP contribution in [0.2, 0.25) is 0 Å². The van der Waals surface area contributed by atoms with Gasteiger partial charge in [-0.25, -0.2) is 4.68 Å². The number of fused-ring (bicyclic) bond motifs is 3. The van der Waals surface area contributed by atoms with Crippen molar-refractivity contribution < 1.29 is 4.79 Å². The number of hydrogen-bond acceptors (Lipinski definition) is 4. The number of thiophene rings is 1. The van der Waals surface area contributed by atoms with Gasteiger partial charge in [-0.1, -0.05) is 36.4 Å². The quantitative estimate of drug-likeness (QED) is 0.539. The molecule has 0 radical (unpaired) electrons. The molecule has 0 aliphatic rings. The van der Waals surface area contributed by atoms with E-state index in [1.54, 1.807) is 11.3 Å². The van der Waals surface area contributed by atoms with Gasteiger partial charge in [0.2, 0.25) is 5.91 Å². The molecule has 1 amide bonds. The van der Waals surface area contributed by atoms with Gasteiger partial charge in [-0.15, -0.1) is 11.3 Å². The minimum absolute atomic E-state index is 0.0545. The third kappa shape index (κ3) is 3.43. The Morgan fingerprint density at radius 2 is 1.86 bits per heavy atom. The van der Waals surface area contributed by atoms with Gasteiger partial charge in [0, 0.05) is 28.7 Å². The molecule has 0 saturated carbocycles. The lowest BCUT2D eigenvalue weighted by molar-refractivity contribution is -0.116. The van der Waals surface area contributed by atoms with Crippen molar-refractivity contribution in [2.24, 2.45) is 0 Å². The number of nitrogens with one attached hydrogen (secondary N) is 1. The summed E-state index contributed by atoms with van der Waals surface area (Å²) in [5, 5.41) is 9.11. The second kappa shape index (κ2) is 7.56. The van der Waals surface area contributed by atoms with Crippen molar-refractivity contribution in [3.8, 4) is 0 Å². The van der Waals surface area contributed by atoms with Gasteiger partial charge in [0.15, 0.2) is 0 Å². The van der Waals surface area contributed by atoms with Gasteiger partial charge < -0.3 is 5.32 Å². The normalized spacial score (nSPS) is 11.2. The van der Waals surface area contributed by atoms with E-state index in [1.165, 1.54) is 4.68 Å². The third-order valence-corrected chi connectivity index (χ3v) is 6.12. The van der Waals surface area contributed by atoms with Gasteiger partial charge in [0.1, 0.15) is 0 Å². The highest BCUT2D eigenvalue weighted by atomic mass is 32.1. The highest BCUT2D eigenvalue weighted by molar-refractivity contribution is 7.26. The van der Waals surface area contributed by atoms with Crippen LogP contribution in [0.15, 0.2) is 53.3 Å². The van der Waals surface area contributed by atoms with Gasteiger partial charge in [-0.3, -0.25) is 9.59 Å². The average Bonchev–Trinajstić information content (AvgIpc) is 3.08. The fraction of sp³-hybridized carbons (Fsp3) is 0.227. The molecule has 5 nitrogen and oxygen atoms in total. The molecule has 0 atom stereocenters. The summed E-state index contributed by atoms with van der Waals surface area (Å²) < 4.78 is 3.53. The molecule has 2 aromatic heterocycles. The first-order chi connectivity index (χ1) is 13.5. The van der Waals surface area contributed by atoms with Crippen molar-refractivity contribution in [1.29, 1.82) is 0 Å². The van der Waals surface area contributed by atoms with Crippen molar-refractivity contribution in [1.82, 2.24) is 9.78 Å². The van der Waals surface area contributed by atoms with Crippen LogP contribution in [0.3, 0.4) is 0 Å². The highest BCUT2D eigenvalue weighted by Crippen LogP contribution is 2.32. The summed E-state index contributed by atoms with van der Waals surface area (Å²) in [7, 11) is 0. The number of hydrogen-bond donors (Lipinski definition) is 1. The Hall–Kier alpha value is -2.99. The van der Waals surface area contributed by atoms with Crippen LogP contribution in [0.1, 0.15) is 24.1 Å². The molecule has 0 fully saturated rings. The molecule has 4 aromatic rings. The Labute approximate surface area is 166 Å². The second-order valence-corrected chi connectivity index (χ2v) is 7.93. The number of carbonyl (C=O) groups excluding carboxylic acids is 1. The molecular formula is C22H21N3O2S. The zero-order valence-electron chi connectivity index (χ0n) is 15.9. The van der Waals surface area contributed by atoms with Crippen molar-refractivity contribution in [3.63, 3.8) is 0 Å². The molecular weight excluding hydrogens is 370 g/mol. The van der Waals surface area contributed by atoms with Crippen molar-refractivity contribution >= 4 is 43.1 Å². The highest BCUT2D eigenvalue weighted by Gasteiger charge is 2.14. The molecule has 0 bridgehead atoms. The van der Waals surface area contributed by atoms with E-state index in [0.717, 1.165) is 37.1 Å². The minimum Gasteiger partial charge on any atom is -0.326 e. The maximum atomic E-state index is 13.0. The van der Waals surface area contributed by atoms with E-state index in [9.17, 15) is 9.59 Å². The largest absolute Gasteiger partial charge is 0.326 e. The van der Waals surface area contributed by atoms with Gasteiger partial charge >= 0.3 is 0 Å². The topological polar surface area (TPSA) is 64.0 Å². The fourth-order valence-corrected chi connectivity index (χ4v) is 4.51. The van der Waals surface area contributed by atoms with E-state index in [-0.39, 0.29) is 11.5 Å². The predicted molar refractivity (Wildman–Crippen MR) is 115 cm³/mol. The van der Waals surface area contributed by atoms with Gasteiger partial charge in [0.05, 0.1) is 15.8 Å². The number of rotatable bonds is 5. The Morgan fingerprint density at radius 1 is 1.11 bits per heavy atom. The number of amides is 1. The lowest BCUT2D eigenvalue weighted by Gasteiger charge is -2.09. The second-order valence-electron chi connectivity index (χ2n) is 6.88. The smallest absolute Gasteiger partial charge is 0.276 e. The zero-order chi connectivity index (χ0) is 19.7. The van der Waals surface area contributed by atoms with Gasteiger partial charge in [0.25, 0.3) is 5.56 Å². The summed E-state index contributed by atoms with van der Waals surface area (Å²) in [5.41, 5.74) is 2.61. The molecule has 6 heteroatoms. The maximum absolute atomic E-state index is 13.0. The van der Waals surface area contributed by atoms with E-state index in [4.69, 9.17) is 0 Å². The van der Waals surface area contributed by atoms with E-state index < -0.39 is 0 Å². The van der Waals surface area contributed by atoms with E-state index in [2.05, 4.69) is 10.4 Å². The first-order valence-corrected chi connectivity index (χ1v) is 10.1. The summed E-state index contributed by atoms with van der Waals surface area (Å²) in [6.07, 6.45) is 0.890. The Balaban J connectivity index is 1.51. The summed E-state index contributed by atoms with van der Waals surface area (Å²) in [4.78, 5) is 25.2. The van der Waals surface area contributed by atoms with E-state index >= 15 is 0 Å². The number of aryl methyl sites for hydroxylation is 3. The Bertz CT molecular complexity index is 1240. The van der Waals surface area contributed by atoms with Gasteiger partial charge in [-0.05, 0) is 38.0 Å². The Kier molecular flexibility index (Phi) is 4.96. The van der Waals surface area contributed by atoms with Crippen LogP contribution < -0.4 is 10.9 Å². The first-order valence-electron chi connectivity index (χ1n) is 9.29.